The van der Waals surface area contributed by atoms with Crippen LogP contribution in [0.2, 0.25) is 0 Å². The SMILES string of the molecule is Cc1cccc(-c2nc(N)c3c(-c4ccccc4)c(-c4ccccc4)n(Cc4ccccc4)c3n2)c1. The topological polar surface area (TPSA) is 56.7 Å². The van der Waals surface area contributed by atoms with Crippen molar-refractivity contribution in [3.8, 4) is 33.8 Å². The minimum Gasteiger partial charge on any atom is -0.383 e. The molecule has 4 nitrogen and oxygen atoms in total. The second-order valence-corrected chi connectivity index (χ2v) is 9.03. The second kappa shape index (κ2) is 9.16. The van der Waals surface area contributed by atoms with Crippen LogP contribution in [-0.4, -0.2) is 14.5 Å². The number of hydrogen-bond donors (Lipinski definition) is 1. The van der Waals surface area contributed by atoms with Gasteiger partial charge in [-0.15, -0.1) is 0 Å². The van der Waals surface area contributed by atoms with Gasteiger partial charge in [0.25, 0.3) is 0 Å². The first-order valence-corrected chi connectivity index (χ1v) is 12.1. The molecule has 0 radical (unpaired) electrons. The molecule has 4 aromatic carbocycles. The van der Waals surface area contributed by atoms with Crippen LogP contribution in [0.5, 0.6) is 0 Å². The molecular formula is C32H26N4. The van der Waals surface area contributed by atoms with E-state index in [1.54, 1.807) is 0 Å². The number of anilines is 1. The Morgan fingerprint density at radius 2 is 1.28 bits per heavy atom. The monoisotopic (exact) mass is 466 g/mol. The average Bonchev–Trinajstić information content (AvgIpc) is 3.25. The summed E-state index contributed by atoms with van der Waals surface area (Å²) in [6.45, 7) is 2.74. The van der Waals surface area contributed by atoms with Gasteiger partial charge in [-0.3, -0.25) is 0 Å². The maximum absolute atomic E-state index is 6.76. The number of nitrogen functional groups attached to an aromatic ring is 1. The molecule has 0 unspecified atom stereocenters. The van der Waals surface area contributed by atoms with Gasteiger partial charge < -0.3 is 10.3 Å². The number of nitrogens with two attached hydrogens (primary N) is 1. The Morgan fingerprint density at radius 3 is 1.94 bits per heavy atom. The lowest BCUT2D eigenvalue weighted by atomic mass is 9.99. The second-order valence-electron chi connectivity index (χ2n) is 9.03. The predicted octanol–water partition coefficient (Wildman–Crippen LogP) is 7.37. The quantitative estimate of drug-likeness (QED) is 0.288. The molecule has 0 amide bonds. The van der Waals surface area contributed by atoms with Crippen LogP contribution in [0.4, 0.5) is 5.82 Å². The predicted molar refractivity (Wildman–Crippen MR) is 149 cm³/mol. The maximum atomic E-state index is 6.76. The molecule has 0 aliphatic carbocycles. The Bertz CT molecular complexity index is 1650. The number of benzene rings is 4. The number of hydrogen-bond acceptors (Lipinski definition) is 3. The molecule has 4 heteroatoms. The number of fused-ring (bicyclic) bond motifs is 1. The fourth-order valence-corrected chi connectivity index (χ4v) is 4.88. The highest BCUT2D eigenvalue weighted by atomic mass is 15.1. The van der Waals surface area contributed by atoms with Gasteiger partial charge in [0.15, 0.2) is 5.82 Å². The number of aryl methyl sites for hydroxylation is 1. The third kappa shape index (κ3) is 3.93. The van der Waals surface area contributed by atoms with Crippen LogP contribution in [0.15, 0.2) is 115 Å². The fourth-order valence-electron chi connectivity index (χ4n) is 4.88. The van der Waals surface area contributed by atoms with Crippen LogP contribution < -0.4 is 5.73 Å². The largest absolute Gasteiger partial charge is 0.383 e. The van der Waals surface area contributed by atoms with Crippen molar-refractivity contribution in [3.05, 3.63) is 126 Å². The Hall–Kier alpha value is -4.70. The summed E-state index contributed by atoms with van der Waals surface area (Å²) in [5, 5.41) is 0.882. The van der Waals surface area contributed by atoms with Gasteiger partial charge in [-0.25, -0.2) is 9.97 Å². The zero-order valence-electron chi connectivity index (χ0n) is 20.1. The number of aromatic nitrogens is 3. The molecule has 0 fully saturated rings. The average molecular weight is 467 g/mol. The summed E-state index contributed by atoms with van der Waals surface area (Å²) in [7, 11) is 0. The van der Waals surface area contributed by atoms with Gasteiger partial charge in [0.2, 0.25) is 0 Å². The lowest BCUT2D eigenvalue weighted by Crippen LogP contribution is -2.05. The van der Waals surface area contributed by atoms with E-state index in [2.05, 4.69) is 96.4 Å². The van der Waals surface area contributed by atoms with Gasteiger partial charge in [-0.05, 0) is 29.7 Å². The standard InChI is InChI=1S/C32H26N4/c1-22-12-11-19-26(20-22)31-34-30(33)28-27(24-15-7-3-8-16-24)29(25-17-9-4-10-18-25)36(32(28)35-31)21-23-13-5-2-6-14-23/h2-20H,21H2,1H3,(H2,33,34,35). The number of nitrogens with zero attached hydrogens (tertiary/aromatic N) is 3. The van der Waals surface area contributed by atoms with Crippen molar-refractivity contribution >= 4 is 16.9 Å². The van der Waals surface area contributed by atoms with E-state index < -0.39 is 0 Å². The zero-order chi connectivity index (χ0) is 24.5. The van der Waals surface area contributed by atoms with Crippen molar-refractivity contribution < 1.29 is 0 Å². The molecule has 36 heavy (non-hydrogen) atoms. The van der Waals surface area contributed by atoms with E-state index in [9.17, 15) is 0 Å². The highest BCUT2D eigenvalue weighted by Gasteiger charge is 2.24. The summed E-state index contributed by atoms with van der Waals surface area (Å²) < 4.78 is 2.29. The van der Waals surface area contributed by atoms with E-state index in [4.69, 9.17) is 15.7 Å². The molecule has 0 saturated heterocycles. The summed E-state index contributed by atoms with van der Waals surface area (Å²) in [4.78, 5) is 9.96. The highest BCUT2D eigenvalue weighted by Crippen LogP contribution is 2.43. The zero-order valence-corrected chi connectivity index (χ0v) is 20.1. The third-order valence-electron chi connectivity index (χ3n) is 6.50. The molecule has 0 aliphatic rings. The van der Waals surface area contributed by atoms with E-state index in [1.807, 2.05) is 30.3 Å². The molecule has 2 heterocycles. The Labute approximate surface area is 210 Å². The van der Waals surface area contributed by atoms with Crippen molar-refractivity contribution in [3.63, 3.8) is 0 Å². The van der Waals surface area contributed by atoms with Gasteiger partial charge >= 0.3 is 0 Å². The molecule has 6 aromatic rings. The van der Waals surface area contributed by atoms with E-state index in [1.165, 1.54) is 5.56 Å². The van der Waals surface area contributed by atoms with Crippen molar-refractivity contribution in [1.82, 2.24) is 14.5 Å². The normalized spacial score (nSPS) is 11.1. The summed E-state index contributed by atoms with van der Waals surface area (Å²) in [6, 6.07) is 39.6. The molecule has 2 aromatic heterocycles. The Morgan fingerprint density at radius 1 is 0.667 bits per heavy atom. The molecule has 6 rings (SSSR count). The van der Waals surface area contributed by atoms with Gasteiger partial charge in [0.1, 0.15) is 11.5 Å². The van der Waals surface area contributed by atoms with Crippen LogP contribution in [0.1, 0.15) is 11.1 Å². The molecule has 0 aliphatic heterocycles. The Balaban J connectivity index is 1.73. The third-order valence-corrected chi connectivity index (χ3v) is 6.50. The smallest absolute Gasteiger partial charge is 0.163 e. The van der Waals surface area contributed by atoms with E-state index in [0.29, 0.717) is 18.2 Å². The van der Waals surface area contributed by atoms with Crippen LogP contribution in [0, 0.1) is 6.92 Å². The van der Waals surface area contributed by atoms with Crippen molar-refractivity contribution in [2.45, 2.75) is 13.5 Å². The van der Waals surface area contributed by atoms with Gasteiger partial charge in [-0.2, -0.15) is 0 Å². The summed E-state index contributed by atoms with van der Waals surface area (Å²) in [5.41, 5.74) is 15.2. The van der Waals surface area contributed by atoms with E-state index in [-0.39, 0.29) is 0 Å². The first-order chi connectivity index (χ1) is 17.7. The minimum atomic E-state index is 0.486. The first kappa shape index (κ1) is 21.8. The molecule has 0 saturated carbocycles. The summed E-state index contributed by atoms with van der Waals surface area (Å²) in [6.07, 6.45) is 0. The van der Waals surface area contributed by atoms with Crippen LogP contribution in [0.25, 0.3) is 44.8 Å². The van der Waals surface area contributed by atoms with Crippen LogP contribution in [0.3, 0.4) is 0 Å². The van der Waals surface area contributed by atoms with Crippen molar-refractivity contribution in [2.24, 2.45) is 0 Å². The van der Waals surface area contributed by atoms with Crippen LogP contribution in [-0.2, 0) is 6.54 Å². The minimum absolute atomic E-state index is 0.486. The molecule has 0 atom stereocenters. The van der Waals surface area contributed by atoms with E-state index in [0.717, 1.165) is 44.5 Å². The summed E-state index contributed by atoms with van der Waals surface area (Å²) >= 11 is 0. The molecular weight excluding hydrogens is 440 g/mol. The number of rotatable bonds is 5. The maximum Gasteiger partial charge on any atom is 0.163 e. The Kier molecular flexibility index (Phi) is 5.55. The highest BCUT2D eigenvalue weighted by molar-refractivity contribution is 6.08. The summed E-state index contributed by atoms with van der Waals surface area (Å²) in [5.74, 6) is 1.12. The van der Waals surface area contributed by atoms with Gasteiger partial charge in [-0.1, -0.05) is 115 Å². The molecule has 174 valence electrons. The first-order valence-electron chi connectivity index (χ1n) is 12.1. The van der Waals surface area contributed by atoms with E-state index >= 15 is 0 Å². The lowest BCUT2D eigenvalue weighted by molar-refractivity contribution is 0.833. The fraction of sp³-hybridized carbons (Fsp3) is 0.0625. The van der Waals surface area contributed by atoms with Crippen molar-refractivity contribution in [1.29, 1.82) is 0 Å². The molecule has 0 bridgehead atoms. The van der Waals surface area contributed by atoms with Crippen molar-refractivity contribution in [2.75, 3.05) is 5.73 Å². The van der Waals surface area contributed by atoms with Gasteiger partial charge in [0.05, 0.1) is 11.1 Å². The molecule has 0 spiro atoms. The van der Waals surface area contributed by atoms with Crippen LogP contribution >= 0.6 is 0 Å². The molecule has 2 N–H and O–H groups in total. The van der Waals surface area contributed by atoms with Gasteiger partial charge in [0, 0.05) is 17.7 Å². The lowest BCUT2D eigenvalue weighted by Gasteiger charge is -2.13.